The molecule has 0 amide bonds. The van der Waals surface area contributed by atoms with Gasteiger partial charge in [-0.2, -0.15) is 0 Å². The smallest absolute Gasteiger partial charge is 0.131 e. The van der Waals surface area contributed by atoms with E-state index in [2.05, 4.69) is 11.9 Å². The highest BCUT2D eigenvalue weighted by atomic mass is 19.1. The molecule has 4 heteroatoms. The summed E-state index contributed by atoms with van der Waals surface area (Å²) in [5, 5.41) is 3.24. The molecule has 1 unspecified atom stereocenters. The molecular weight excluding hydrogens is 233 g/mol. The highest BCUT2D eigenvalue weighted by Crippen LogP contribution is 2.21. The maximum Gasteiger partial charge on any atom is 0.131 e. The molecule has 1 atom stereocenters. The molecule has 1 aromatic rings. The predicted molar refractivity (Wildman–Crippen MR) is 70.1 cm³/mol. The van der Waals surface area contributed by atoms with Crippen LogP contribution in [0.15, 0.2) is 31.0 Å². The minimum Gasteiger partial charge on any atom is -0.502 e. The standard InChI is InChI=1S/C14H20FNO2/c1-4-18-9-5-8-16-11(2)13-7-6-12(17-3)10-14(13)15/h4,6-7,10-11,16H,1,5,8-9H2,2-3H3. The normalized spacial score (nSPS) is 11.9. The molecule has 0 heterocycles. The topological polar surface area (TPSA) is 30.5 Å². The van der Waals surface area contributed by atoms with E-state index in [9.17, 15) is 4.39 Å². The Balaban J connectivity index is 2.45. The summed E-state index contributed by atoms with van der Waals surface area (Å²) in [6.07, 6.45) is 2.28. The van der Waals surface area contributed by atoms with Gasteiger partial charge in [-0.1, -0.05) is 12.6 Å². The van der Waals surface area contributed by atoms with Crippen molar-refractivity contribution in [3.63, 3.8) is 0 Å². The first-order chi connectivity index (χ1) is 8.69. The molecule has 1 aromatic carbocycles. The lowest BCUT2D eigenvalue weighted by atomic mass is 10.1. The van der Waals surface area contributed by atoms with E-state index in [1.54, 1.807) is 12.1 Å². The van der Waals surface area contributed by atoms with Gasteiger partial charge in [0.15, 0.2) is 0 Å². The minimum atomic E-state index is -0.253. The molecule has 0 radical (unpaired) electrons. The summed E-state index contributed by atoms with van der Waals surface area (Å²) >= 11 is 0. The van der Waals surface area contributed by atoms with E-state index in [1.807, 2.05) is 6.92 Å². The largest absolute Gasteiger partial charge is 0.502 e. The van der Waals surface area contributed by atoms with Crippen LogP contribution in [-0.4, -0.2) is 20.3 Å². The predicted octanol–water partition coefficient (Wildman–Crippen LogP) is 3.04. The van der Waals surface area contributed by atoms with Gasteiger partial charge in [0.2, 0.25) is 0 Å². The van der Waals surface area contributed by atoms with Crippen molar-refractivity contribution in [2.24, 2.45) is 0 Å². The van der Waals surface area contributed by atoms with Crippen molar-refractivity contribution < 1.29 is 13.9 Å². The quantitative estimate of drug-likeness (QED) is 0.570. The van der Waals surface area contributed by atoms with Crippen molar-refractivity contribution in [2.75, 3.05) is 20.3 Å². The Hall–Kier alpha value is -1.55. The first-order valence-electron chi connectivity index (χ1n) is 5.98. The second kappa shape index (κ2) is 7.71. The highest BCUT2D eigenvalue weighted by molar-refractivity contribution is 5.30. The maximum absolute atomic E-state index is 13.8. The van der Waals surface area contributed by atoms with Crippen molar-refractivity contribution in [3.8, 4) is 5.75 Å². The molecule has 0 saturated carbocycles. The second-order valence-electron chi connectivity index (χ2n) is 3.95. The van der Waals surface area contributed by atoms with Gasteiger partial charge in [-0.25, -0.2) is 4.39 Å². The zero-order chi connectivity index (χ0) is 13.4. The summed E-state index contributed by atoms with van der Waals surface area (Å²) < 4.78 is 23.7. The number of ether oxygens (including phenoxy) is 2. The SMILES string of the molecule is C=COCCCNC(C)c1ccc(OC)cc1F. The second-order valence-corrected chi connectivity index (χ2v) is 3.95. The average Bonchev–Trinajstić information content (AvgIpc) is 2.38. The van der Waals surface area contributed by atoms with Gasteiger partial charge in [0, 0.05) is 17.7 Å². The van der Waals surface area contributed by atoms with Crippen LogP contribution in [0.1, 0.15) is 24.9 Å². The molecule has 0 spiro atoms. The van der Waals surface area contributed by atoms with Gasteiger partial charge in [0.25, 0.3) is 0 Å². The molecular formula is C14H20FNO2. The fourth-order valence-electron chi connectivity index (χ4n) is 1.65. The van der Waals surface area contributed by atoms with E-state index in [0.717, 1.165) is 13.0 Å². The van der Waals surface area contributed by atoms with Crippen LogP contribution >= 0.6 is 0 Å². The van der Waals surface area contributed by atoms with E-state index in [-0.39, 0.29) is 11.9 Å². The Kier molecular flexibility index (Phi) is 6.22. The number of methoxy groups -OCH3 is 1. The van der Waals surface area contributed by atoms with Gasteiger partial charge in [-0.05, 0) is 26.0 Å². The molecule has 0 aliphatic heterocycles. The average molecular weight is 253 g/mol. The number of halogens is 1. The summed E-state index contributed by atoms with van der Waals surface area (Å²) in [4.78, 5) is 0. The lowest BCUT2D eigenvalue weighted by Gasteiger charge is -2.15. The van der Waals surface area contributed by atoms with E-state index in [1.165, 1.54) is 19.4 Å². The molecule has 0 saturated heterocycles. The number of hydrogen-bond donors (Lipinski definition) is 1. The minimum absolute atomic E-state index is 0.0420. The molecule has 18 heavy (non-hydrogen) atoms. The molecule has 0 bridgehead atoms. The van der Waals surface area contributed by atoms with Crippen LogP contribution in [0.5, 0.6) is 5.75 Å². The first kappa shape index (κ1) is 14.5. The Morgan fingerprint density at radius 2 is 2.28 bits per heavy atom. The van der Waals surface area contributed by atoms with Crippen molar-refractivity contribution in [2.45, 2.75) is 19.4 Å². The van der Waals surface area contributed by atoms with E-state index >= 15 is 0 Å². The zero-order valence-corrected chi connectivity index (χ0v) is 10.9. The van der Waals surface area contributed by atoms with Crippen molar-refractivity contribution in [3.05, 3.63) is 42.4 Å². The van der Waals surface area contributed by atoms with E-state index in [4.69, 9.17) is 9.47 Å². The summed E-state index contributed by atoms with van der Waals surface area (Å²) in [7, 11) is 1.52. The van der Waals surface area contributed by atoms with E-state index in [0.29, 0.717) is 17.9 Å². The summed E-state index contributed by atoms with van der Waals surface area (Å²) in [5.41, 5.74) is 0.639. The van der Waals surface area contributed by atoms with Crippen LogP contribution < -0.4 is 10.1 Å². The molecule has 0 fully saturated rings. The van der Waals surface area contributed by atoms with Crippen molar-refractivity contribution in [1.82, 2.24) is 5.32 Å². The van der Waals surface area contributed by atoms with Gasteiger partial charge in [0.05, 0.1) is 20.0 Å². The van der Waals surface area contributed by atoms with Crippen LogP contribution in [0.2, 0.25) is 0 Å². The van der Waals surface area contributed by atoms with Gasteiger partial charge < -0.3 is 14.8 Å². The van der Waals surface area contributed by atoms with Gasteiger partial charge in [-0.15, -0.1) is 0 Å². The zero-order valence-electron chi connectivity index (χ0n) is 10.9. The van der Waals surface area contributed by atoms with Gasteiger partial charge in [0.1, 0.15) is 11.6 Å². The highest BCUT2D eigenvalue weighted by Gasteiger charge is 2.10. The Bertz CT molecular complexity index is 382. The van der Waals surface area contributed by atoms with Crippen LogP contribution in [0.25, 0.3) is 0 Å². The van der Waals surface area contributed by atoms with Gasteiger partial charge in [-0.3, -0.25) is 0 Å². The number of nitrogens with one attached hydrogen (secondary N) is 1. The number of benzene rings is 1. The lowest BCUT2D eigenvalue weighted by molar-refractivity contribution is 0.243. The molecule has 3 nitrogen and oxygen atoms in total. The summed E-state index contributed by atoms with van der Waals surface area (Å²) in [5.74, 6) is 0.277. The fraction of sp³-hybridized carbons (Fsp3) is 0.429. The Morgan fingerprint density at radius 3 is 2.89 bits per heavy atom. The van der Waals surface area contributed by atoms with Crippen LogP contribution in [0.3, 0.4) is 0 Å². The fourth-order valence-corrected chi connectivity index (χ4v) is 1.65. The summed E-state index contributed by atoms with van der Waals surface area (Å²) in [6, 6.07) is 4.86. The Labute approximate surface area is 108 Å². The third kappa shape index (κ3) is 4.37. The lowest BCUT2D eigenvalue weighted by Crippen LogP contribution is -2.21. The number of hydrogen-bond acceptors (Lipinski definition) is 3. The van der Waals surface area contributed by atoms with E-state index < -0.39 is 0 Å². The maximum atomic E-state index is 13.8. The molecule has 1 N–H and O–H groups in total. The van der Waals surface area contributed by atoms with Crippen LogP contribution in [-0.2, 0) is 4.74 Å². The molecule has 100 valence electrons. The summed E-state index contributed by atoms with van der Waals surface area (Å²) in [6.45, 7) is 6.78. The van der Waals surface area contributed by atoms with Gasteiger partial charge >= 0.3 is 0 Å². The number of rotatable bonds is 8. The first-order valence-corrected chi connectivity index (χ1v) is 5.98. The molecule has 1 rings (SSSR count). The molecule has 0 aromatic heterocycles. The van der Waals surface area contributed by atoms with Crippen molar-refractivity contribution in [1.29, 1.82) is 0 Å². The third-order valence-corrected chi connectivity index (χ3v) is 2.68. The molecule has 0 aliphatic rings. The Morgan fingerprint density at radius 1 is 1.50 bits per heavy atom. The monoisotopic (exact) mass is 253 g/mol. The van der Waals surface area contributed by atoms with Crippen LogP contribution in [0, 0.1) is 5.82 Å². The molecule has 0 aliphatic carbocycles. The van der Waals surface area contributed by atoms with Crippen molar-refractivity contribution >= 4 is 0 Å². The third-order valence-electron chi connectivity index (χ3n) is 2.68. The van der Waals surface area contributed by atoms with Crippen LogP contribution in [0.4, 0.5) is 4.39 Å².